The van der Waals surface area contributed by atoms with E-state index in [1.807, 2.05) is 0 Å². The standard InChI is InChI=1S/C5H11NO3S/c1-4(7)5(2)10(8,9)6-3/h5-6H,1-3H3. The van der Waals surface area contributed by atoms with Gasteiger partial charge in [0.05, 0.1) is 0 Å². The third-order valence-corrected chi connectivity index (χ3v) is 3.15. The molecule has 0 aromatic heterocycles. The van der Waals surface area contributed by atoms with Crippen LogP contribution in [0, 0.1) is 0 Å². The number of nitrogens with one attached hydrogen (secondary N) is 1. The molecule has 60 valence electrons. The summed E-state index contributed by atoms with van der Waals surface area (Å²) in [7, 11) is -2.11. The summed E-state index contributed by atoms with van der Waals surface area (Å²) < 4.78 is 23.7. The van der Waals surface area contributed by atoms with E-state index in [-0.39, 0.29) is 5.78 Å². The molecule has 1 atom stereocenters. The zero-order chi connectivity index (χ0) is 8.36. The van der Waals surface area contributed by atoms with Crippen molar-refractivity contribution in [3.8, 4) is 0 Å². The third-order valence-electron chi connectivity index (χ3n) is 1.32. The summed E-state index contributed by atoms with van der Waals surface area (Å²) in [5, 5.41) is -0.947. The number of ketones is 1. The van der Waals surface area contributed by atoms with Crippen LogP contribution in [0.3, 0.4) is 0 Å². The maximum atomic E-state index is 10.8. The minimum Gasteiger partial charge on any atom is -0.299 e. The van der Waals surface area contributed by atoms with E-state index in [9.17, 15) is 13.2 Å². The van der Waals surface area contributed by atoms with Gasteiger partial charge in [-0.3, -0.25) is 4.79 Å². The maximum Gasteiger partial charge on any atom is 0.221 e. The van der Waals surface area contributed by atoms with Crippen molar-refractivity contribution < 1.29 is 13.2 Å². The molecule has 1 unspecified atom stereocenters. The number of sulfonamides is 1. The summed E-state index contributed by atoms with van der Waals surface area (Å²) in [5.41, 5.74) is 0. The molecule has 0 spiro atoms. The molecule has 1 N–H and O–H groups in total. The molecule has 5 heteroatoms. The van der Waals surface area contributed by atoms with E-state index in [4.69, 9.17) is 0 Å². The van der Waals surface area contributed by atoms with Gasteiger partial charge in [-0.15, -0.1) is 0 Å². The third kappa shape index (κ3) is 2.07. The molecular formula is C5H11NO3S. The lowest BCUT2D eigenvalue weighted by atomic mass is 10.3. The fourth-order valence-electron chi connectivity index (χ4n) is 0.395. The number of hydrogen-bond acceptors (Lipinski definition) is 3. The lowest BCUT2D eigenvalue weighted by molar-refractivity contribution is -0.116. The van der Waals surface area contributed by atoms with E-state index in [0.717, 1.165) is 0 Å². The Bertz CT molecular complexity index is 219. The number of rotatable bonds is 3. The van der Waals surface area contributed by atoms with Crippen LogP contribution in [0.25, 0.3) is 0 Å². The summed E-state index contributed by atoms with van der Waals surface area (Å²) in [6.07, 6.45) is 0. The van der Waals surface area contributed by atoms with Crippen molar-refractivity contribution >= 4 is 15.8 Å². The molecule has 0 amide bonds. The molecule has 10 heavy (non-hydrogen) atoms. The number of Topliss-reactive ketones (excluding diaryl/α,β-unsaturated/α-hetero) is 1. The van der Waals surface area contributed by atoms with E-state index < -0.39 is 15.3 Å². The normalized spacial score (nSPS) is 14.7. The molecule has 0 aliphatic heterocycles. The topological polar surface area (TPSA) is 63.2 Å². The fraction of sp³-hybridized carbons (Fsp3) is 0.800. The molecule has 0 saturated heterocycles. The van der Waals surface area contributed by atoms with Crippen molar-refractivity contribution in [1.82, 2.24) is 4.72 Å². The van der Waals surface area contributed by atoms with Gasteiger partial charge in [0.2, 0.25) is 10.0 Å². The summed E-state index contributed by atoms with van der Waals surface area (Å²) in [5.74, 6) is -0.352. The first-order valence-corrected chi connectivity index (χ1v) is 4.39. The van der Waals surface area contributed by atoms with E-state index >= 15 is 0 Å². The van der Waals surface area contributed by atoms with E-state index in [1.54, 1.807) is 0 Å². The first-order valence-electron chi connectivity index (χ1n) is 2.84. The lowest BCUT2D eigenvalue weighted by Crippen LogP contribution is -2.34. The highest BCUT2D eigenvalue weighted by molar-refractivity contribution is 7.90. The molecule has 0 heterocycles. The number of carbonyl (C=O) groups excluding carboxylic acids is 1. The lowest BCUT2D eigenvalue weighted by Gasteiger charge is -2.06. The van der Waals surface area contributed by atoms with Crippen LogP contribution < -0.4 is 4.72 Å². The van der Waals surface area contributed by atoms with Crippen LogP contribution in [0.5, 0.6) is 0 Å². The van der Waals surface area contributed by atoms with E-state index in [1.165, 1.54) is 20.9 Å². The van der Waals surface area contributed by atoms with Gasteiger partial charge in [0.15, 0.2) is 0 Å². The van der Waals surface area contributed by atoms with Gasteiger partial charge < -0.3 is 0 Å². The number of carbonyl (C=O) groups is 1. The van der Waals surface area contributed by atoms with Crippen LogP contribution >= 0.6 is 0 Å². The quantitative estimate of drug-likeness (QED) is 0.614. The Labute approximate surface area is 60.7 Å². The minimum absolute atomic E-state index is 0.352. The molecule has 0 aromatic carbocycles. The van der Waals surface area contributed by atoms with E-state index in [2.05, 4.69) is 4.72 Å². The molecular weight excluding hydrogens is 154 g/mol. The van der Waals surface area contributed by atoms with Gasteiger partial charge in [0, 0.05) is 0 Å². The van der Waals surface area contributed by atoms with Gasteiger partial charge in [-0.05, 0) is 20.9 Å². The van der Waals surface area contributed by atoms with Crippen molar-refractivity contribution in [2.45, 2.75) is 19.1 Å². The van der Waals surface area contributed by atoms with Gasteiger partial charge in [0.1, 0.15) is 11.0 Å². The Morgan fingerprint density at radius 1 is 1.50 bits per heavy atom. The average Bonchev–Trinajstić information content (AvgIpc) is 1.86. The fourth-order valence-corrected chi connectivity index (χ4v) is 1.19. The Balaban J connectivity index is 4.51. The van der Waals surface area contributed by atoms with Crippen LogP contribution in [-0.4, -0.2) is 26.5 Å². The Hall–Kier alpha value is -0.420. The van der Waals surface area contributed by atoms with Crippen molar-refractivity contribution in [2.24, 2.45) is 0 Å². The van der Waals surface area contributed by atoms with Crippen LogP contribution in [0.4, 0.5) is 0 Å². The molecule has 0 aromatic rings. The Morgan fingerprint density at radius 3 is 2.00 bits per heavy atom. The van der Waals surface area contributed by atoms with Crippen LogP contribution in [0.1, 0.15) is 13.8 Å². The van der Waals surface area contributed by atoms with Gasteiger partial charge in [-0.25, -0.2) is 13.1 Å². The predicted molar refractivity (Wildman–Crippen MR) is 38.1 cm³/mol. The molecule has 0 bridgehead atoms. The molecule has 0 fully saturated rings. The zero-order valence-electron chi connectivity index (χ0n) is 6.21. The molecule has 0 radical (unpaired) electrons. The van der Waals surface area contributed by atoms with Crippen molar-refractivity contribution in [2.75, 3.05) is 7.05 Å². The van der Waals surface area contributed by atoms with Crippen LogP contribution in [0.15, 0.2) is 0 Å². The SMILES string of the molecule is CNS(=O)(=O)C(C)C(C)=O. The summed E-state index contributed by atoms with van der Waals surface area (Å²) in [6.45, 7) is 2.60. The first-order chi connectivity index (χ1) is 4.41. The molecule has 0 aliphatic rings. The highest BCUT2D eigenvalue weighted by Crippen LogP contribution is 1.97. The van der Waals surface area contributed by atoms with Crippen LogP contribution in [-0.2, 0) is 14.8 Å². The summed E-state index contributed by atoms with van der Waals surface area (Å²) in [6, 6.07) is 0. The summed E-state index contributed by atoms with van der Waals surface area (Å²) >= 11 is 0. The van der Waals surface area contributed by atoms with Gasteiger partial charge in [-0.2, -0.15) is 0 Å². The second-order valence-corrected chi connectivity index (χ2v) is 4.21. The molecule has 4 nitrogen and oxygen atoms in total. The van der Waals surface area contributed by atoms with Crippen LogP contribution in [0.2, 0.25) is 0 Å². The second-order valence-electron chi connectivity index (χ2n) is 2.00. The zero-order valence-corrected chi connectivity index (χ0v) is 7.03. The average molecular weight is 165 g/mol. The maximum absolute atomic E-state index is 10.8. The monoisotopic (exact) mass is 165 g/mol. The smallest absolute Gasteiger partial charge is 0.221 e. The van der Waals surface area contributed by atoms with Gasteiger partial charge in [0.25, 0.3) is 0 Å². The molecule has 0 aliphatic carbocycles. The highest BCUT2D eigenvalue weighted by Gasteiger charge is 2.22. The largest absolute Gasteiger partial charge is 0.299 e. The van der Waals surface area contributed by atoms with Crippen molar-refractivity contribution in [3.05, 3.63) is 0 Å². The predicted octanol–water partition coefficient (Wildman–Crippen LogP) is -0.487. The molecule has 0 rings (SSSR count). The number of hydrogen-bond donors (Lipinski definition) is 1. The second kappa shape index (κ2) is 3.12. The van der Waals surface area contributed by atoms with Gasteiger partial charge in [-0.1, -0.05) is 0 Å². The summed E-state index contributed by atoms with van der Waals surface area (Å²) in [4.78, 5) is 10.5. The molecule has 0 saturated carbocycles. The first kappa shape index (κ1) is 9.58. The van der Waals surface area contributed by atoms with E-state index in [0.29, 0.717) is 0 Å². The van der Waals surface area contributed by atoms with Gasteiger partial charge >= 0.3 is 0 Å². The van der Waals surface area contributed by atoms with Crippen molar-refractivity contribution in [3.63, 3.8) is 0 Å². The van der Waals surface area contributed by atoms with Crippen molar-refractivity contribution in [1.29, 1.82) is 0 Å². The minimum atomic E-state index is -3.40. The highest BCUT2D eigenvalue weighted by atomic mass is 32.2. The Kier molecular flexibility index (Phi) is 2.98. The Morgan fingerprint density at radius 2 is 1.90 bits per heavy atom.